The number of pyridine rings is 1. The van der Waals surface area contributed by atoms with E-state index in [2.05, 4.69) is 31.5 Å². The minimum absolute atomic E-state index is 0.0443. The first-order chi connectivity index (χ1) is 12.9. The van der Waals surface area contributed by atoms with E-state index in [0.29, 0.717) is 12.4 Å². The molecule has 2 rings (SSSR count). The van der Waals surface area contributed by atoms with Gasteiger partial charge in [0.25, 0.3) is 5.91 Å². The number of aromatic nitrogens is 1. The third kappa shape index (κ3) is 5.83. The number of rotatable bonds is 7. The normalized spacial score (nSPS) is 12.0. The Kier molecular flexibility index (Phi) is 7.38. The van der Waals surface area contributed by atoms with Crippen molar-refractivity contribution in [2.45, 2.75) is 26.8 Å². The zero-order chi connectivity index (χ0) is 19.8. The fourth-order valence-corrected chi connectivity index (χ4v) is 2.64. The molecule has 0 saturated carbocycles. The van der Waals surface area contributed by atoms with Crippen LogP contribution in [0.5, 0.6) is 5.75 Å². The minimum Gasteiger partial charge on any atom is -0.494 e. The molecule has 1 heterocycles. The molecule has 27 heavy (non-hydrogen) atoms. The fraction of sp³-hybridized carbons (Fsp3) is 0.250. The molecule has 140 valence electrons. The summed E-state index contributed by atoms with van der Waals surface area (Å²) in [5.41, 5.74) is 1.88. The highest BCUT2D eigenvalue weighted by Crippen LogP contribution is 2.26. The number of amides is 1. The van der Waals surface area contributed by atoms with E-state index in [0.717, 1.165) is 21.3 Å². The zero-order valence-electron chi connectivity index (χ0n) is 15.4. The van der Waals surface area contributed by atoms with Crippen molar-refractivity contribution in [1.82, 2.24) is 10.3 Å². The number of anilines is 1. The van der Waals surface area contributed by atoms with Crippen LogP contribution >= 0.6 is 15.9 Å². The van der Waals surface area contributed by atoms with E-state index >= 15 is 0 Å². The Morgan fingerprint density at radius 2 is 2.19 bits per heavy atom. The molecule has 1 atom stereocenters. The number of ether oxygens (including phenoxy) is 1. The predicted octanol–water partition coefficient (Wildman–Crippen LogP) is 4.25. The molecule has 2 N–H and O–H groups in total. The number of nitrogens with one attached hydrogen (secondary N) is 2. The maximum absolute atomic E-state index is 12.5. The lowest BCUT2D eigenvalue weighted by molar-refractivity contribution is -0.117. The van der Waals surface area contributed by atoms with Crippen molar-refractivity contribution < 1.29 is 9.53 Å². The van der Waals surface area contributed by atoms with Gasteiger partial charge in [-0.1, -0.05) is 17.7 Å². The number of carbonyl (C=O) groups is 1. The Balaban J connectivity index is 2.12. The number of aryl methyl sites for hydroxylation is 1. The second-order valence-corrected chi connectivity index (χ2v) is 6.76. The number of nitrogens with zero attached hydrogens (tertiary/aromatic N) is 2. The lowest BCUT2D eigenvalue weighted by atomic mass is 10.0. The van der Waals surface area contributed by atoms with E-state index in [9.17, 15) is 10.1 Å². The summed E-state index contributed by atoms with van der Waals surface area (Å²) >= 11 is 3.30. The monoisotopic (exact) mass is 428 g/mol. The number of halogens is 1. The van der Waals surface area contributed by atoms with E-state index < -0.39 is 5.91 Å². The average molecular weight is 429 g/mol. The van der Waals surface area contributed by atoms with Crippen LogP contribution in [0.15, 0.2) is 52.8 Å². The summed E-state index contributed by atoms with van der Waals surface area (Å²) in [5, 5.41) is 15.0. The van der Waals surface area contributed by atoms with Crippen LogP contribution in [0.3, 0.4) is 0 Å². The molecule has 0 radical (unpaired) electrons. The van der Waals surface area contributed by atoms with Gasteiger partial charge in [-0.05, 0) is 54.9 Å². The third-order valence-corrected chi connectivity index (χ3v) is 4.21. The predicted molar refractivity (Wildman–Crippen MR) is 108 cm³/mol. The Hall–Kier alpha value is -2.85. The van der Waals surface area contributed by atoms with Gasteiger partial charge < -0.3 is 15.4 Å². The zero-order valence-corrected chi connectivity index (χ0v) is 17.0. The van der Waals surface area contributed by atoms with Crippen LogP contribution in [0, 0.1) is 18.3 Å². The Bertz CT molecular complexity index is 873. The molecule has 1 aromatic carbocycles. The maximum atomic E-state index is 12.5. The van der Waals surface area contributed by atoms with Gasteiger partial charge in [-0.15, -0.1) is 0 Å². The van der Waals surface area contributed by atoms with Crippen molar-refractivity contribution >= 4 is 27.7 Å². The topological polar surface area (TPSA) is 87.0 Å². The van der Waals surface area contributed by atoms with Gasteiger partial charge in [0, 0.05) is 22.4 Å². The van der Waals surface area contributed by atoms with Crippen molar-refractivity contribution in [3.63, 3.8) is 0 Å². The van der Waals surface area contributed by atoms with Gasteiger partial charge in [0.1, 0.15) is 23.2 Å². The van der Waals surface area contributed by atoms with Gasteiger partial charge in [0.2, 0.25) is 0 Å². The van der Waals surface area contributed by atoms with Crippen LogP contribution in [0.2, 0.25) is 0 Å². The summed E-state index contributed by atoms with van der Waals surface area (Å²) < 4.78 is 6.48. The van der Waals surface area contributed by atoms with Crippen molar-refractivity contribution in [2.24, 2.45) is 0 Å². The van der Waals surface area contributed by atoms with Crippen LogP contribution in [0.25, 0.3) is 0 Å². The number of benzene rings is 1. The van der Waals surface area contributed by atoms with E-state index in [1.807, 2.05) is 51.1 Å². The van der Waals surface area contributed by atoms with Crippen LogP contribution in [0.1, 0.15) is 31.0 Å². The van der Waals surface area contributed by atoms with Crippen molar-refractivity contribution in [3.8, 4) is 11.8 Å². The Morgan fingerprint density at radius 1 is 1.41 bits per heavy atom. The highest BCUT2D eigenvalue weighted by molar-refractivity contribution is 9.10. The van der Waals surface area contributed by atoms with Gasteiger partial charge in [0.15, 0.2) is 0 Å². The van der Waals surface area contributed by atoms with Gasteiger partial charge in [0.05, 0.1) is 12.6 Å². The first-order valence-electron chi connectivity index (χ1n) is 8.47. The minimum atomic E-state index is -0.474. The number of hydrogen-bond donors (Lipinski definition) is 2. The van der Waals surface area contributed by atoms with Gasteiger partial charge in [-0.25, -0.2) is 4.98 Å². The molecule has 0 saturated heterocycles. The number of nitriles is 1. The van der Waals surface area contributed by atoms with Crippen molar-refractivity contribution in [2.75, 3.05) is 11.9 Å². The third-order valence-electron chi connectivity index (χ3n) is 3.74. The van der Waals surface area contributed by atoms with Crippen LogP contribution in [-0.4, -0.2) is 17.5 Å². The van der Waals surface area contributed by atoms with Crippen LogP contribution in [-0.2, 0) is 4.79 Å². The molecule has 2 aromatic rings. The molecule has 0 aliphatic rings. The molecule has 0 spiro atoms. The van der Waals surface area contributed by atoms with Crippen LogP contribution in [0.4, 0.5) is 5.82 Å². The van der Waals surface area contributed by atoms with Gasteiger partial charge in [-0.2, -0.15) is 5.26 Å². The first-order valence-corrected chi connectivity index (χ1v) is 9.26. The number of hydrogen-bond acceptors (Lipinski definition) is 5. The standard InChI is InChI=1S/C20H21BrN4O2/c1-4-27-18-7-5-13(2)9-17(18)14(3)25-20(26)15(10-22)11-23-19-8-6-16(21)12-24-19/h5-9,11-12,14H,4H2,1-3H3,(H,23,24)(H,25,26)/b15-11-. The summed E-state index contributed by atoms with van der Waals surface area (Å²) in [5.74, 6) is 0.776. The SMILES string of the molecule is CCOc1ccc(C)cc1C(C)NC(=O)/C(C#N)=C\Nc1ccc(Br)cn1. The first kappa shape index (κ1) is 20.5. The highest BCUT2D eigenvalue weighted by atomic mass is 79.9. The lowest BCUT2D eigenvalue weighted by Gasteiger charge is -2.18. The Morgan fingerprint density at radius 3 is 2.81 bits per heavy atom. The Labute approximate surface area is 167 Å². The van der Waals surface area contributed by atoms with Crippen molar-refractivity contribution in [3.05, 3.63) is 63.9 Å². The smallest absolute Gasteiger partial charge is 0.263 e. The average Bonchev–Trinajstić information content (AvgIpc) is 2.65. The molecular weight excluding hydrogens is 408 g/mol. The summed E-state index contributed by atoms with van der Waals surface area (Å²) in [7, 11) is 0. The summed E-state index contributed by atoms with van der Waals surface area (Å²) in [6.07, 6.45) is 2.97. The second kappa shape index (κ2) is 9.74. The van der Waals surface area contributed by atoms with E-state index in [1.54, 1.807) is 12.3 Å². The molecule has 1 aromatic heterocycles. The molecule has 0 aliphatic carbocycles. The largest absolute Gasteiger partial charge is 0.494 e. The number of carbonyl (C=O) groups excluding carboxylic acids is 1. The second-order valence-electron chi connectivity index (χ2n) is 5.85. The summed E-state index contributed by atoms with van der Waals surface area (Å²) in [6, 6.07) is 10.9. The highest BCUT2D eigenvalue weighted by Gasteiger charge is 2.17. The van der Waals surface area contributed by atoms with Gasteiger partial charge in [-0.3, -0.25) is 4.79 Å². The maximum Gasteiger partial charge on any atom is 0.263 e. The van der Waals surface area contributed by atoms with E-state index in [1.165, 1.54) is 6.20 Å². The molecule has 1 unspecified atom stereocenters. The molecule has 0 bridgehead atoms. The van der Waals surface area contributed by atoms with E-state index in [4.69, 9.17) is 4.74 Å². The summed E-state index contributed by atoms with van der Waals surface area (Å²) in [6.45, 7) is 6.27. The van der Waals surface area contributed by atoms with E-state index in [-0.39, 0.29) is 11.6 Å². The molecular formula is C20H21BrN4O2. The lowest BCUT2D eigenvalue weighted by Crippen LogP contribution is -2.28. The van der Waals surface area contributed by atoms with Crippen LogP contribution < -0.4 is 15.4 Å². The summed E-state index contributed by atoms with van der Waals surface area (Å²) in [4.78, 5) is 16.6. The van der Waals surface area contributed by atoms with Gasteiger partial charge >= 0.3 is 0 Å². The fourth-order valence-electron chi connectivity index (χ4n) is 2.40. The molecule has 7 heteroatoms. The molecule has 1 amide bonds. The van der Waals surface area contributed by atoms with Crippen molar-refractivity contribution in [1.29, 1.82) is 5.26 Å². The molecule has 0 aliphatic heterocycles. The molecule has 0 fully saturated rings. The molecule has 6 nitrogen and oxygen atoms in total. The quantitative estimate of drug-likeness (QED) is 0.508.